The Hall–Kier alpha value is -1.06. The van der Waals surface area contributed by atoms with Crippen molar-refractivity contribution in [2.45, 2.75) is 58.9 Å². The molecule has 0 radical (unpaired) electrons. The first kappa shape index (κ1) is 15.0. The Labute approximate surface area is 109 Å². The van der Waals surface area contributed by atoms with Gasteiger partial charge in [-0.15, -0.1) is 0 Å². The van der Waals surface area contributed by atoms with Gasteiger partial charge in [0.25, 0.3) is 0 Å². The molecular weight excluding hydrogens is 230 g/mol. The Balaban J connectivity index is 2.67. The van der Waals surface area contributed by atoms with Crippen molar-refractivity contribution in [3.63, 3.8) is 0 Å². The van der Waals surface area contributed by atoms with Gasteiger partial charge in [0, 0.05) is 19.0 Å². The summed E-state index contributed by atoms with van der Waals surface area (Å²) in [5, 5.41) is 9.00. The minimum Gasteiger partial charge on any atom is -0.481 e. The van der Waals surface area contributed by atoms with E-state index in [0.29, 0.717) is 18.9 Å². The second kappa shape index (κ2) is 6.76. The van der Waals surface area contributed by atoms with E-state index in [1.54, 1.807) is 6.92 Å². The van der Waals surface area contributed by atoms with Gasteiger partial charge in [-0.1, -0.05) is 33.6 Å². The van der Waals surface area contributed by atoms with Crippen LogP contribution in [0.25, 0.3) is 0 Å². The normalized spacial score (nSPS) is 18.0. The Morgan fingerprint density at radius 3 is 2.22 bits per heavy atom. The van der Waals surface area contributed by atoms with Crippen LogP contribution in [0, 0.1) is 11.8 Å². The fourth-order valence-corrected chi connectivity index (χ4v) is 2.51. The monoisotopic (exact) mass is 255 g/mol. The first-order chi connectivity index (χ1) is 8.41. The number of rotatable bonds is 6. The lowest BCUT2D eigenvalue weighted by atomic mass is 10.1. The standard InChI is InChI=1S/C14H25NO3/c1-10(2)8-13(16)15(9-11(3)14(17)18)12-6-4-5-7-12/h10-12H,4-9H2,1-3H3,(H,17,18). The van der Waals surface area contributed by atoms with E-state index in [-0.39, 0.29) is 11.9 Å². The van der Waals surface area contributed by atoms with Crippen LogP contribution in [0.15, 0.2) is 0 Å². The van der Waals surface area contributed by atoms with Crippen LogP contribution in [0.4, 0.5) is 0 Å². The van der Waals surface area contributed by atoms with E-state index in [0.717, 1.165) is 25.7 Å². The fourth-order valence-electron chi connectivity index (χ4n) is 2.51. The summed E-state index contributed by atoms with van der Waals surface area (Å²) in [6.45, 7) is 6.06. The largest absolute Gasteiger partial charge is 0.481 e. The van der Waals surface area contributed by atoms with Crippen LogP contribution >= 0.6 is 0 Å². The zero-order chi connectivity index (χ0) is 13.7. The summed E-state index contributed by atoms with van der Waals surface area (Å²) in [5.41, 5.74) is 0. The summed E-state index contributed by atoms with van der Waals surface area (Å²) in [4.78, 5) is 25.0. The van der Waals surface area contributed by atoms with E-state index in [4.69, 9.17) is 5.11 Å². The first-order valence-corrected chi connectivity index (χ1v) is 6.94. The smallest absolute Gasteiger partial charge is 0.308 e. The van der Waals surface area contributed by atoms with Crippen molar-refractivity contribution < 1.29 is 14.7 Å². The maximum absolute atomic E-state index is 12.2. The topological polar surface area (TPSA) is 57.6 Å². The molecule has 1 aliphatic rings. The van der Waals surface area contributed by atoms with Crippen molar-refractivity contribution in [3.05, 3.63) is 0 Å². The molecule has 1 saturated carbocycles. The highest BCUT2D eigenvalue weighted by atomic mass is 16.4. The molecule has 1 unspecified atom stereocenters. The zero-order valence-electron chi connectivity index (χ0n) is 11.7. The van der Waals surface area contributed by atoms with Crippen LogP contribution in [0.5, 0.6) is 0 Å². The van der Waals surface area contributed by atoms with Crippen molar-refractivity contribution in [3.8, 4) is 0 Å². The highest BCUT2D eigenvalue weighted by Gasteiger charge is 2.29. The maximum atomic E-state index is 12.2. The second-order valence-electron chi connectivity index (χ2n) is 5.82. The van der Waals surface area contributed by atoms with Gasteiger partial charge in [0.05, 0.1) is 5.92 Å². The summed E-state index contributed by atoms with van der Waals surface area (Å²) >= 11 is 0. The van der Waals surface area contributed by atoms with Gasteiger partial charge in [0.15, 0.2) is 0 Å². The first-order valence-electron chi connectivity index (χ1n) is 6.94. The molecule has 0 aromatic rings. The number of aliphatic carboxylic acids is 1. The third-order valence-electron chi connectivity index (χ3n) is 3.56. The molecule has 0 heterocycles. The van der Waals surface area contributed by atoms with Gasteiger partial charge in [-0.05, 0) is 18.8 Å². The minimum atomic E-state index is -0.824. The number of carbonyl (C=O) groups is 2. The SMILES string of the molecule is CC(C)CC(=O)N(CC(C)C(=O)O)C1CCCC1. The Kier molecular flexibility index (Phi) is 5.63. The molecule has 0 saturated heterocycles. The van der Waals surface area contributed by atoms with Gasteiger partial charge in [0.2, 0.25) is 5.91 Å². The third kappa shape index (κ3) is 4.31. The summed E-state index contributed by atoms with van der Waals surface area (Å²) in [6, 6.07) is 0.262. The number of carboxylic acids is 1. The predicted molar refractivity (Wildman–Crippen MR) is 70.2 cm³/mol. The average Bonchev–Trinajstić information content (AvgIpc) is 2.77. The van der Waals surface area contributed by atoms with Crippen molar-refractivity contribution in [1.82, 2.24) is 4.90 Å². The average molecular weight is 255 g/mol. The molecular formula is C14H25NO3. The number of amides is 1. The molecule has 1 rings (SSSR count). The molecule has 0 aliphatic heterocycles. The van der Waals surface area contributed by atoms with E-state index in [9.17, 15) is 9.59 Å². The molecule has 0 spiro atoms. The summed E-state index contributed by atoms with van der Waals surface area (Å²) in [6.07, 6.45) is 4.87. The van der Waals surface area contributed by atoms with Gasteiger partial charge in [-0.25, -0.2) is 0 Å². The molecule has 104 valence electrons. The molecule has 1 aliphatic carbocycles. The van der Waals surface area contributed by atoms with Gasteiger partial charge < -0.3 is 10.0 Å². The molecule has 4 nitrogen and oxygen atoms in total. The van der Waals surface area contributed by atoms with Crippen LogP contribution in [-0.2, 0) is 9.59 Å². The number of carboxylic acid groups (broad SMARTS) is 1. The van der Waals surface area contributed by atoms with Crippen molar-refractivity contribution >= 4 is 11.9 Å². The highest BCUT2D eigenvalue weighted by molar-refractivity contribution is 5.78. The van der Waals surface area contributed by atoms with Gasteiger partial charge in [-0.2, -0.15) is 0 Å². The van der Waals surface area contributed by atoms with Crippen molar-refractivity contribution in [1.29, 1.82) is 0 Å². The van der Waals surface area contributed by atoms with E-state index >= 15 is 0 Å². The number of hydrogen-bond acceptors (Lipinski definition) is 2. The summed E-state index contributed by atoms with van der Waals surface area (Å²) in [7, 11) is 0. The molecule has 0 bridgehead atoms. The highest BCUT2D eigenvalue weighted by Crippen LogP contribution is 2.25. The fraction of sp³-hybridized carbons (Fsp3) is 0.857. The van der Waals surface area contributed by atoms with E-state index < -0.39 is 11.9 Å². The molecule has 1 fully saturated rings. The van der Waals surface area contributed by atoms with Crippen LogP contribution in [0.1, 0.15) is 52.9 Å². The quantitative estimate of drug-likeness (QED) is 0.793. The van der Waals surface area contributed by atoms with Crippen LogP contribution in [-0.4, -0.2) is 34.5 Å². The van der Waals surface area contributed by atoms with E-state index in [1.807, 2.05) is 18.7 Å². The molecule has 4 heteroatoms. The molecule has 1 atom stereocenters. The zero-order valence-corrected chi connectivity index (χ0v) is 11.7. The minimum absolute atomic E-state index is 0.116. The van der Waals surface area contributed by atoms with Crippen molar-refractivity contribution in [2.24, 2.45) is 11.8 Å². The number of carbonyl (C=O) groups excluding carboxylic acids is 1. The maximum Gasteiger partial charge on any atom is 0.308 e. The molecule has 1 N–H and O–H groups in total. The molecule has 0 aromatic carbocycles. The number of hydrogen-bond donors (Lipinski definition) is 1. The molecule has 1 amide bonds. The lowest BCUT2D eigenvalue weighted by molar-refractivity contribution is -0.144. The summed E-state index contributed by atoms with van der Waals surface area (Å²) < 4.78 is 0. The second-order valence-corrected chi connectivity index (χ2v) is 5.82. The Morgan fingerprint density at radius 2 is 1.78 bits per heavy atom. The van der Waals surface area contributed by atoms with Crippen LogP contribution in [0.2, 0.25) is 0 Å². The van der Waals surface area contributed by atoms with Crippen LogP contribution < -0.4 is 0 Å². The lowest BCUT2D eigenvalue weighted by Gasteiger charge is -2.31. The van der Waals surface area contributed by atoms with E-state index in [2.05, 4.69) is 0 Å². The van der Waals surface area contributed by atoms with Gasteiger partial charge in [0.1, 0.15) is 0 Å². The van der Waals surface area contributed by atoms with Gasteiger partial charge in [-0.3, -0.25) is 9.59 Å². The third-order valence-corrected chi connectivity index (χ3v) is 3.56. The Bertz CT molecular complexity index is 295. The molecule has 18 heavy (non-hydrogen) atoms. The summed E-state index contributed by atoms with van der Waals surface area (Å²) in [5.74, 6) is -0.872. The predicted octanol–water partition coefficient (Wildman–Crippen LogP) is 2.52. The van der Waals surface area contributed by atoms with Crippen LogP contribution in [0.3, 0.4) is 0 Å². The number of nitrogens with zero attached hydrogens (tertiary/aromatic N) is 1. The Morgan fingerprint density at radius 1 is 1.22 bits per heavy atom. The van der Waals surface area contributed by atoms with E-state index in [1.165, 1.54) is 0 Å². The van der Waals surface area contributed by atoms with Crippen molar-refractivity contribution in [2.75, 3.05) is 6.54 Å². The van der Waals surface area contributed by atoms with Gasteiger partial charge >= 0.3 is 5.97 Å². The molecule has 0 aromatic heterocycles. The lowest BCUT2D eigenvalue weighted by Crippen LogP contribution is -2.43.